The van der Waals surface area contributed by atoms with Crippen LogP contribution in [0.15, 0.2) is 23.1 Å². The van der Waals surface area contributed by atoms with E-state index in [0.717, 1.165) is 10.4 Å². The number of rotatable bonds is 5. The van der Waals surface area contributed by atoms with Crippen molar-refractivity contribution in [1.82, 2.24) is 4.31 Å². The summed E-state index contributed by atoms with van der Waals surface area (Å²) in [5.74, 6) is -1.85. The highest BCUT2D eigenvalue weighted by Crippen LogP contribution is 2.28. The van der Waals surface area contributed by atoms with E-state index >= 15 is 0 Å². The Labute approximate surface area is 133 Å². The zero-order chi connectivity index (χ0) is 17.2. The van der Waals surface area contributed by atoms with Gasteiger partial charge in [-0.2, -0.15) is 4.31 Å². The van der Waals surface area contributed by atoms with Crippen molar-refractivity contribution in [3.05, 3.63) is 23.8 Å². The van der Waals surface area contributed by atoms with E-state index in [1.54, 1.807) is 0 Å². The number of nitrogens with zero attached hydrogens (tertiary/aromatic N) is 1. The molecule has 0 saturated carbocycles. The summed E-state index contributed by atoms with van der Waals surface area (Å²) in [6.45, 7) is 0.122. The van der Waals surface area contributed by atoms with E-state index in [0.29, 0.717) is 12.8 Å². The molecular weight excluding hydrogens is 324 g/mol. The number of benzene rings is 1. The Morgan fingerprint density at radius 3 is 2.61 bits per heavy atom. The van der Waals surface area contributed by atoms with Gasteiger partial charge in [-0.25, -0.2) is 8.42 Å². The van der Waals surface area contributed by atoms with Crippen molar-refractivity contribution in [1.29, 1.82) is 0 Å². The second-order valence-corrected chi connectivity index (χ2v) is 7.08. The van der Waals surface area contributed by atoms with Gasteiger partial charge >= 0.3 is 5.97 Å². The number of hydrogen-bond donors (Lipinski definition) is 2. The summed E-state index contributed by atoms with van der Waals surface area (Å²) in [4.78, 5) is 22.6. The summed E-state index contributed by atoms with van der Waals surface area (Å²) >= 11 is 0. The number of carboxylic acids is 1. The summed E-state index contributed by atoms with van der Waals surface area (Å²) in [5, 5.41) is 9.24. The number of hydrogen-bond acceptors (Lipinski definition) is 5. The zero-order valence-electron chi connectivity index (χ0n) is 12.6. The smallest absolute Gasteiger partial charge is 0.322 e. The van der Waals surface area contributed by atoms with Crippen molar-refractivity contribution in [2.75, 3.05) is 13.7 Å². The van der Waals surface area contributed by atoms with Gasteiger partial charge in [0.2, 0.25) is 10.0 Å². The van der Waals surface area contributed by atoms with Crippen molar-refractivity contribution in [2.24, 2.45) is 5.73 Å². The van der Waals surface area contributed by atoms with Crippen molar-refractivity contribution in [3.8, 4) is 5.75 Å². The van der Waals surface area contributed by atoms with Gasteiger partial charge in [-0.05, 0) is 37.5 Å². The standard InChI is InChI=1S/C14H18N2O6S/c1-22-12-6-5-9(8-10(12)13(15)17)23(20,21)16-7-3-2-4-11(16)14(18)19/h5-6,8,11H,2-4,7H2,1H3,(H2,15,17)(H,18,19). The van der Waals surface area contributed by atoms with E-state index in [1.165, 1.54) is 19.2 Å². The average Bonchev–Trinajstić information content (AvgIpc) is 2.54. The molecule has 8 nitrogen and oxygen atoms in total. The molecule has 1 aliphatic rings. The third-order valence-corrected chi connectivity index (χ3v) is 5.69. The highest BCUT2D eigenvalue weighted by atomic mass is 32.2. The Kier molecular flexibility index (Phi) is 4.90. The molecule has 1 heterocycles. The van der Waals surface area contributed by atoms with Crippen molar-refractivity contribution >= 4 is 21.9 Å². The first-order valence-corrected chi connectivity index (χ1v) is 8.45. The van der Waals surface area contributed by atoms with Crippen molar-refractivity contribution in [2.45, 2.75) is 30.2 Å². The highest BCUT2D eigenvalue weighted by Gasteiger charge is 2.38. The maximum atomic E-state index is 12.7. The lowest BCUT2D eigenvalue weighted by molar-refractivity contribution is -0.142. The fourth-order valence-electron chi connectivity index (χ4n) is 2.61. The second-order valence-electron chi connectivity index (χ2n) is 5.19. The molecule has 1 amide bonds. The Morgan fingerprint density at radius 1 is 1.35 bits per heavy atom. The first kappa shape index (κ1) is 17.2. The van der Waals surface area contributed by atoms with Gasteiger partial charge < -0.3 is 15.6 Å². The quantitative estimate of drug-likeness (QED) is 0.798. The number of amides is 1. The van der Waals surface area contributed by atoms with Crippen LogP contribution in [-0.4, -0.2) is 49.4 Å². The maximum absolute atomic E-state index is 12.7. The van der Waals surface area contributed by atoms with Gasteiger partial charge in [0.25, 0.3) is 5.91 Å². The van der Waals surface area contributed by atoms with Crippen LogP contribution in [0.5, 0.6) is 5.75 Å². The number of ether oxygens (including phenoxy) is 1. The molecule has 1 atom stereocenters. The second kappa shape index (κ2) is 6.55. The van der Waals surface area contributed by atoms with Gasteiger partial charge in [0.1, 0.15) is 11.8 Å². The van der Waals surface area contributed by atoms with Gasteiger partial charge in [-0.3, -0.25) is 9.59 Å². The number of nitrogens with two attached hydrogens (primary N) is 1. The number of aliphatic carboxylic acids is 1. The Morgan fingerprint density at radius 2 is 2.04 bits per heavy atom. The summed E-state index contributed by atoms with van der Waals surface area (Å²) in [5.41, 5.74) is 5.16. The van der Waals surface area contributed by atoms with Crippen molar-refractivity contribution < 1.29 is 27.9 Å². The fraction of sp³-hybridized carbons (Fsp3) is 0.429. The summed E-state index contributed by atoms with van der Waals surface area (Å²) < 4.78 is 31.4. The molecule has 0 aliphatic carbocycles. The number of methoxy groups -OCH3 is 1. The van der Waals surface area contributed by atoms with Crippen molar-refractivity contribution in [3.63, 3.8) is 0 Å². The first-order chi connectivity index (χ1) is 10.8. The van der Waals surface area contributed by atoms with E-state index in [2.05, 4.69) is 0 Å². The van der Waals surface area contributed by atoms with Crippen LogP contribution in [0.3, 0.4) is 0 Å². The molecule has 1 unspecified atom stereocenters. The van der Waals surface area contributed by atoms with E-state index in [9.17, 15) is 23.1 Å². The molecule has 0 bridgehead atoms. The molecule has 0 radical (unpaired) electrons. The number of sulfonamides is 1. The molecule has 1 fully saturated rings. The van der Waals surface area contributed by atoms with E-state index in [1.807, 2.05) is 0 Å². The fourth-order valence-corrected chi connectivity index (χ4v) is 4.29. The first-order valence-electron chi connectivity index (χ1n) is 7.01. The highest BCUT2D eigenvalue weighted by molar-refractivity contribution is 7.89. The molecule has 0 aromatic heterocycles. The van der Waals surface area contributed by atoms with Crippen LogP contribution in [0.4, 0.5) is 0 Å². The maximum Gasteiger partial charge on any atom is 0.322 e. The molecule has 1 aromatic rings. The average molecular weight is 342 g/mol. The van der Waals surface area contributed by atoms with Crippen LogP contribution in [-0.2, 0) is 14.8 Å². The molecule has 0 spiro atoms. The molecular formula is C14H18N2O6S. The Hall–Kier alpha value is -2.13. The van der Waals surface area contributed by atoms with E-state index in [-0.39, 0.29) is 29.2 Å². The Bertz CT molecular complexity index is 731. The summed E-state index contributed by atoms with van der Waals surface area (Å²) in [6, 6.07) is 2.61. The molecule has 3 N–H and O–H groups in total. The summed E-state index contributed by atoms with van der Waals surface area (Å²) in [7, 11) is -2.71. The van der Waals surface area contributed by atoms with Gasteiger partial charge in [0.15, 0.2) is 0 Å². The number of carboxylic acid groups (broad SMARTS) is 1. The van der Waals surface area contributed by atoms with Gasteiger partial charge in [0, 0.05) is 6.54 Å². The number of piperidine rings is 1. The number of carbonyl (C=O) groups excluding carboxylic acids is 1. The minimum atomic E-state index is -4.05. The lowest BCUT2D eigenvalue weighted by Crippen LogP contribution is -2.47. The number of primary amides is 1. The predicted octanol–water partition coefficient (Wildman–Crippen LogP) is 0.422. The predicted molar refractivity (Wildman–Crippen MR) is 80.7 cm³/mol. The molecule has 1 saturated heterocycles. The molecule has 23 heavy (non-hydrogen) atoms. The van der Waals surface area contributed by atoms with Crippen LogP contribution in [0.2, 0.25) is 0 Å². The minimum absolute atomic E-state index is 0.0718. The van der Waals surface area contributed by atoms with Crippen LogP contribution >= 0.6 is 0 Å². The normalized spacial score (nSPS) is 19.3. The monoisotopic (exact) mass is 342 g/mol. The third kappa shape index (κ3) is 3.30. The van der Waals surface area contributed by atoms with Crippen LogP contribution < -0.4 is 10.5 Å². The van der Waals surface area contributed by atoms with Gasteiger partial charge in [-0.15, -0.1) is 0 Å². The lowest BCUT2D eigenvalue weighted by atomic mass is 10.1. The largest absolute Gasteiger partial charge is 0.496 e. The van der Waals surface area contributed by atoms with E-state index < -0.39 is 27.9 Å². The third-order valence-electron chi connectivity index (χ3n) is 3.78. The molecule has 9 heteroatoms. The SMILES string of the molecule is COc1ccc(S(=O)(=O)N2CCCCC2C(=O)O)cc1C(N)=O. The minimum Gasteiger partial charge on any atom is -0.496 e. The van der Waals surface area contributed by atoms with Gasteiger partial charge in [0.05, 0.1) is 17.6 Å². The molecule has 126 valence electrons. The van der Waals surface area contributed by atoms with E-state index in [4.69, 9.17) is 10.5 Å². The topological polar surface area (TPSA) is 127 Å². The molecule has 2 rings (SSSR count). The lowest BCUT2D eigenvalue weighted by Gasteiger charge is -2.31. The molecule has 1 aliphatic heterocycles. The van der Waals surface area contributed by atoms with Crippen LogP contribution in [0.25, 0.3) is 0 Å². The van der Waals surface area contributed by atoms with Gasteiger partial charge in [-0.1, -0.05) is 0 Å². The molecule has 1 aromatic carbocycles. The van der Waals surface area contributed by atoms with Crippen LogP contribution in [0.1, 0.15) is 29.6 Å². The summed E-state index contributed by atoms with van der Waals surface area (Å²) in [6.07, 6.45) is 1.49. The van der Waals surface area contributed by atoms with Crippen LogP contribution in [0, 0.1) is 0 Å². The Balaban J connectivity index is 2.48. The number of carbonyl (C=O) groups is 2. The zero-order valence-corrected chi connectivity index (χ0v) is 13.4.